The third-order valence-electron chi connectivity index (χ3n) is 3.32. The summed E-state index contributed by atoms with van der Waals surface area (Å²) in [6.45, 7) is 3.56. The summed E-state index contributed by atoms with van der Waals surface area (Å²) in [4.78, 5) is 13.0. The standard InChI is InChI=1S/C11H17N3O3S2/c1-9(11(12)15)13-4-6-14(7-5-13)19(16,17)10-3-2-8-18-10/h2-3,8-9H,4-7H2,1H3,(H2,12,15). The van der Waals surface area contributed by atoms with Crippen LogP contribution >= 0.6 is 11.3 Å². The summed E-state index contributed by atoms with van der Waals surface area (Å²) >= 11 is 1.22. The first-order valence-electron chi connectivity index (χ1n) is 6.00. The van der Waals surface area contributed by atoms with Crippen LogP contribution in [0, 0.1) is 0 Å². The van der Waals surface area contributed by atoms with Gasteiger partial charge in [0.05, 0.1) is 6.04 Å². The van der Waals surface area contributed by atoms with Gasteiger partial charge < -0.3 is 5.73 Å². The van der Waals surface area contributed by atoms with Gasteiger partial charge in [-0.3, -0.25) is 9.69 Å². The van der Waals surface area contributed by atoms with Crippen molar-refractivity contribution >= 4 is 27.3 Å². The number of hydrogen-bond acceptors (Lipinski definition) is 5. The van der Waals surface area contributed by atoms with Crippen molar-refractivity contribution in [3.8, 4) is 0 Å². The number of nitrogens with zero attached hydrogens (tertiary/aromatic N) is 2. The molecule has 0 aromatic carbocycles. The van der Waals surface area contributed by atoms with Crippen LogP contribution in [0.5, 0.6) is 0 Å². The number of carbonyl (C=O) groups is 1. The van der Waals surface area contributed by atoms with Gasteiger partial charge in [-0.15, -0.1) is 11.3 Å². The number of thiophene rings is 1. The van der Waals surface area contributed by atoms with Crippen molar-refractivity contribution in [3.63, 3.8) is 0 Å². The third kappa shape index (κ3) is 2.97. The van der Waals surface area contributed by atoms with E-state index in [2.05, 4.69) is 0 Å². The van der Waals surface area contributed by atoms with Gasteiger partial charge in [0.15, 0.2) is 0 Å². The lowest BCUT2D eigenvalue weighted by atomic mass is 10.2. The topological polar surface area (TPSA) is 83.7 Å². The number of primary amides is 1. The highest BCUT2D eigenvalue weighted by molar-refractivity contribution is 7.91. The predicted molar refractivity (Wildman–Crippen MR) is 73.3 cm³/mol. The van der Waals surface area contributed by atoms with Crippen molar-refractivity contribution in [2.24, 2.45) is 5.73 Å². The summed E-state index contributed by atoms with van der Waals surface area (Å²) in [5.41, 5.74) is 5.25. The second-order valence-electron chi connectivity index (χ2n) is 4.45. The van der Waals surface area contributed by atoms with E-state index in [-0.39, 0.29) is 11.9 Å². The Bertz CT molecular complexity index is 534. The molecular weight excluding hydrogens is 286 g/mol. The fraction of sp³-hybridized carbons (Fsp3) is 0.545. The predicted octanol–water partition coefficient (Wildman–Crippen LogP) is -0.0718. The lowest BCUT2D eigenvalue weighted by Crippen LogP contribution is -2.54. The largest absolute Gasteiger partial charge is 0.368 e. The van der Waals surface area contributed by atoms with Crippen molar-refractivity contribution in [3.05, 3.63) is 17.5 Å². The maximum atomic E-state index is 12.3. The number of sulfonamides is 1. The Hall–Kier alpha value is -0.960. The quantitative estimate of drug-likeness (QED) is 0.844. The van der Waals surface area contributed by atoms with E-state index in [4.69, 9.17) is 5.73 Å². The van der Waals surface area contributed by atoms with Gasteiger partial charge in [0.25, 0.3) is 10.0 Å². The second kappa shape index (κ2) is 5.58. The number of rotatable bonds is 4. The molecule has 1 atom stereocenters. The molecule has 1 unspecified atom stereocenters. The Morgan fingerprint density at radius 3 is 2.47 bits per heavy atom. The van der Waals surface area contributed by atoms with E-state index in [0.29, 0.717) is 30.4 Å². The first-order valence-corrected chi connectivity index (χ1v) is 8.32. The molecule has 0 saturated carbocycles. The fourth-order valence-corrected chi connectivity index (χ4v) is 4.62. The van der Waals surface area contributed by atoms with Crippen LogP contribution in [0.25, 0.3) is 0 Å². The van der Waals surface area contributed by atoms with Crippen molar-refractivity contribution < 1.29 is 13.2 Å². The SMILES string of the molecule is CC(C(N)=O)N1CCN(S(=O)(=O)c2cccs2)CC1. The van der Waals surface area contributed by atoms with Crippen LogP contribution in [0.15, 0.2) is 21.7 Å². The molecule has 0 aliphatic carbocycles. The lowest BCUT2D eigenvalue weighted by Gasteiger charge is -2.35. The fourth-order valence-electron chi connectivity index (χ4n) is 2.05. The average Bonchev–Trinajstić information content (AvgIpc) is 2.92. The van der Waals surface area contributed by atoms with Crippen LogP contribution in [0.1, 0.15) is 6.92 Å². The van der Waals surface area contributed by atoms with Crippen LogP contribution in [0.2, 0.25) is 0 Å². The van der Waals surface area contributed by atoms with Gasteiger partial charge in [0.2, 0.25) is 5.91 Å². The first-order chi connectivity index (χ1) is 8.93. The van der Waals surface area contributed by atoms with Gasteiger partial charge in [-0.05, 0) is 18.4 Å². The van der Waals surface area contributed by atoms with E-state index in [1.807, 2.05) is 4.90 Å². The summed E-state index contributed by atoms with van der Waals surface area (Å²) in [7, 11) is -3.38. The molecule has 0 bridgehead atoms. The zero-order valence-corrected chi connectivity index (χ0v) is 12.3. The van der Waals surface area contributed by atoms with Crippen LogP contribution < -0.4 is 5.73 Å². The van der Waals surface area contributed by atoms with Gasteiger partial charge in [-0.2, -0.15) is 4.31 Å². The number of piperazine rings is 1. The van der Waals surface area contributed by atoms with E-state index in [1.165, 1.54) is 15.6 Å². The minimum Gasteiger partial charge on any atom is -0.368 e. The summed E-state index contributed by atoms with van der Waals surface area (Å²) in [5.74, 6) is -0.380. The molecule has 8 heteroatoms. The number of amides is 1. The average molecular weight is 303 g/mol. The summed E-state index contributed by atoms with van der Waals surface area (Å²) in [6, 6.07) is 2.98. The van der Waals surface area contributed by atoms with Gasteiger partial charge in [-0.25, -0.2) is 8.42 Å². The smallest absolute Gasteiger partial charge is 0.252 e. The number of hydrogen-bond donors (Lipinski definition) is 1. The molecule has 106 valence electrons. The Kier molecular flexibility index (Phi) is 4.24. The van der Waals surface area contributed by atoms with E-state index < -0.39 is 10.0 Å². The van der Waals surface area contributed by atoms with Crippen LogP contribution in [0.3, 0.4) is 0 Å². The Morgan fingerprint density at radius 2 is 2.00 bits per heavy atom. The van der Waals surface area contributed by atoms with Crippen LogP contribution in [-0.4, -0.2) is 55.8 Å². The highest BCUT2D eigenvalue weighted by atomic mass is 32.2. The minimum atomic E-state index is -3.38. The molecule has 1 aromatic heterocycles. The minimum absolute atomic E-state index is 0.355. The molecule has 2 heterocycles. The Labute approximate surface area is 116 Å². The zero-order valence-electron chi connectivity index (χ0n) is 10.7. The Morgan fingerprint density at radius 1 is 1.37 bits per heavy atom. The normalized spacial score (nSPS) is 20.3. The van der Waals surface area contributed by atoms with E-state index in [1.54, 1.807) is 24.4 Å². The number of carbonyl (C=O) groups excluding carboxylic acids is 1. The zero-order chi connectivity index (χ0) is 14.0. The molecule has 1 aliphatic rings. The molecular formula is C11H17N3O3S2. The van der Waals surface area contributed by atoms with E-state index in [0.717, 1.165) is 0 Å². The molecule has 0 radical (unpaired) electrons. The maximum absolute atomic E-state index is 12.3. The van der Waals surface area contributed by atoms with Crippen molar-refractivity contribution in [1.29, 1.82) is 0 Å². The molecule has 2 N–H and O–H groups in total. The van der Waals surface area contributed by atoms with Gasteiger partial charge in [0, 0.05) is 26.2 Å². The van der Waals surface area contributed by atoms with E-state index in [9.17, 15) is 13.2 Å². The van der Waals surface area contributed by atoms with E-state index >= 15 is 0 Å². The number of nitrogens with two attached hydrogens (primary N) is 1. The molecule has 19 heavy (non-hydrogen) atoms. The summed E-state index contributed by atoms with van der Waals surface area (Å²) in [5, 5.41) is 1.75. The monoisotopic (exact) mass is 303 g/mol. The lowest BCUT2D eigenvalue weighted by molar-refractivity contribution is -0.123. The second-order valence-corrected chi connectivity index (χ2v) is 7.56. The van der Waals surface area contributed by atoms with Crippen LogP contribution in [-0.2, 0) is 14.8 Å². The molecule has 1 fully saturated rings. The molecule has 0 spiro atoms. The Balaban J connectivity index is 2.03. The van der Waals surface area contributed by atoms with Crippen molar-refractivity contribution in [2.45, 2.75) is 17.2 Å². The molecule has 1 amide bonds. The molecule has 1 saturated heterocycles. The molecule has 1 aromatic rings. The first kappa shape index (κ1) is 14.4. The molecule has 6 nitrogen and oxygen atoms in total. The van der Waals surface area contributed by atoms with Crippen molar-refractivity contribution in [2.75, 3.05) is 26.2 Å². The van der Waals surface area contributed by atoms with Gasteiger partial charge >= 0.3 is 0 Å². The molecule has 2 rings (SSSR count). The highest BCUT2D eigenvalue weighted by Gasteiger charge is 2.31. The molecule has 1 aliphatic heterocycles. The third-order valence-corrected chi connectivity index (χ3v) is 6.59. The van der Waals surface area contributed by atoms with Crippen molar-refractivity contribution in [1.82, 2.24) is 9.21 Å². The highest BCUT2D eigenvalue weighted by Crippen LogP contribution is 2.22. The van der Waals surface area contributed by atoms with Gasteiger partial charge in [0.1, 0.15) is 4.21 Å². The van der Waals surface area contributed by atoms with Crippen LogP contribution in [0.4, 0.5) is 0 Å². The maximum Gasteiger partial charge on any atom is 0.252 e. The van der Waals surface area contributed by atoms with Gasteiger partial charge in [-0.1, -0.05) is 6.07 Å². The summed E-state index contributed by atoms with van der Waals surface area (Å²) in [6.07, 6.45) is 0. The summed E-state index contributed by atoms with van der Waals surface area (Å²) < 4.78 is 26.4.